The standard InChI is InChI=1S/C11H17N3O4/c1-8-10(18-7-12-8)11(17)14(6-9(15)16)5-4-13(2)3/h7H,4-6H2,1-3H3,(H,15,16). The number of aryl methyl sites for hydroxylation is 1. The van der Waals surface area contributed by atoms with Crippen LogP contribution < -0.4 is 0 Å². The number of carboxylic acid groups (broad SMARTS) is 1. The molecule has 1 rings (SSSR count). The van der Waals surface area contributed by atoms with E-state index in [1.165, 1.54) is 11.3 Å². The van der Waals surface area contributed by atoms with Gasteiger partial charge in [0.2, 0.25) is 5.76 Å². The number of hydrogen-bond donors (Lipinski definition) is 1. The van der Waals surface area contributed by atoms with E-state index in [1.807, 2.05) is 19.0 Å². The maximum atomic E-state index is 12.1. The molecule has 1 aromatic heterocycles. The molecule has 0 aliphatic rings. The summed E-state index contributed by atoms with van der Waals surface area (Å²) in [5.74, 6) is -1.41. The normalized spacial score (nSPS) is 10.7. The summed E-state index contributed by atoms with van der Waals surface area (Å²) in [6.45, 7) is 2.18. The average Bonchev–Trinajstić information content (AvgIpc) is 2.69. The van der Waals surface area contributed by atoms with Gasteiger partial charge in [0, 0.05) is 13.1 Å². The SMILES string of the molecule is Cc1ncoc1C(=O)N(CCN(C)C)CC(=O)O. The maximum absolute atomic E-state index is 12.1. The molecule has 0 spiro atoms. The zero-order valence-electron chi connectivity index (χ0n) is 10.7. The Bertz CT molecular complexity index is 428. The molecule has 0 unspecified atom stereocenters. The molecule has 0 saturated carbocycles. The highest BCUT2D eigenvalue weighted by Gasteiger charge is 2.23. The van der Waals surface area contributed by atoms with Crippen LogP contribution in [0.15, 0.2) is 10.8 Å². The van der Waals surface area contributed by atoms with Gasteiger partial charge in [-0.15, -0.1) is 0 Å². The Hall–Kier alpha value is -1.89. The summed E-state index contributed by atoms with van der Waals surface area (Å²) < 4.78 is 4.99. The Morgan fingerprint density at radius 2 is 2.06 bits per heavy atom. The number of rotatable bonds is 6. The van der Waals surface area contributed by atoms with Crippen LogP contribution in [0.2, 0.25) is 0 Å². The van der Waals surface area contributed by atoms with Gasteiger partial charge in [-0.1, -0.05) is 0 Å². The molecule has 100 valence electrons. The molecule has 0 radical (unpaired) electrons. The summed E-state index contributed by atoms with van der Waals surface area (Å²) in [5.41, 5.74) is 0.459. The first-order valence-corrected chi connectivity index (χ1v) is 5.47. The predicted molar refractivity (Wildman–Crippen MR) is 63.3 cm³/mol. The van der Waals surface area contributed by atoms with E-state index < -0.39 is 11.9 Å². The molecule has 1 N–H and O–H groups in total. The maximum Gasteiger partial charge on any atom is 0.323 e. The van der Waals surface area contributed by atoms with Crippen LogP contribution in [0.25, 0.3) is 0 Å². The van der Waals surface area contributed by atoms with Crippen molar-refractivity contribution in [2.45, 2.75) is 6.92 Å². The van der Waals surface area contributed by atoms with Crippen LogP contribution in [0.1, 0.15) is 16.2 Å². The molecule has 0 aliphatic heterocycles. The Balaban J connectivity index is 2.79. The smallest absolute Gasteiger partial charge is 0.323 e. The summed E-state index contributed by atoms with van der Waals surface area (Å²) in [5, 5.41) is 8.81. The number of aromatic nitrogens is 1. The van der Waals surface area contributed by atoms with Gasteiger partial charge in [0.05, 0.1) is 5.69 Å². The number of nitrogens with zero attached hydrogens (tertiary/aromatic N) is 3. The first-order chi connectivity index (χ1) is 8.41. The van der Waals surface area contributed by atoms with E-state index in [0.29, 0.717) is 18.8 Å². The number of carbonyl (C=O) groups excluding carboxylic acids is 1. The Kier molecular flexibility index (Phi) is 4.85. The van der Waals surface area contributed by atoms with Crippen LogP contribution in [-0.2, 0) is 4.79 Å². The van der Waals surface area contributed by atoms with Crippen LogP contribution >= 0.6 is 0 Å². The van der Waals surface area contributed by atoms with Crippen LogP contribution in [0, 0.1) is 6.92 Å². The molecule has 1 heterocycles. The lowest BCUT2D eigenvalue weighted by atomic mass is 10.3. The topological polar surface area (TPSA) is 86.9 Å². The van der Waals surface area contributed by atoms with E-state index in [4.69, 9.17) is 9.52 Å². The van der Waals surface area contributed by atoms with E-state index in [2.05, 4.69) is 4.98 Å². The predicted octanol–water partition coefficient (Wildman–Crippen LogP) is 0.0714. The van der Waals surface area contributed by atoms with Crippen molar-refractivity contribution in [2.24, 2.45) is 0 Å². The largest absolute Gasteiger partial charge is 0.480 e. The second-order valence-electron chi connectivity index (χ2n) is 4.19. The van der Waals surface area contributed by atoms with Gasteiger partial charge in [0.25, 0.3) is 5.91 Å². The van der Waals surface area contributed by atoms with E-state index in [9.17, 15) is 9.59 Å². The first-order valence-electron chi connectivity index (χ1n) is 5.47. The van der Waals surface area contributed by atoms with Crippen molar-refractivity contribution in [3.63, 3.8) is 0 Å². The lowest BCUT2D eigenvalue weighted by molar-refractivity contribution is -0.137. The van der Waals surface area contributed by atoms with E-state index in [-0.39, 0.29) is 12.3 Å². The van der Waals surface area contributed by atoms with Gasteiger partial charge in [-0.25, -0.2) is 4.98 Å². The summed E-state index contributed by atoms with van der Waals surface area (Å²) >= 11 is 0. The molecule has 0 aliphatic carbocycles. The van der Waals surface area contributed by atoms with Crippen LogP contribution in [0.3, 0.4) is 0 Å². The van der Waals surface area contributed by atoms with Gasteiger partial charge in [-0.3, -0.25) is 9.59 Å². The summed E-state index contributed by atoms with van der Waals surface area (Å²) in [7, 11) is 3.70. The molecule has 0 saturated heterocycles. The highest BCUT2D eigenvalue weighted by atomic mass is 16.4. The summed E-state index contributed by atoms with van der Waals surface area (Å²) in [6.07, 6.45) is 1.17. The molecular weight excluding hydrogens is 238 g/mol. The zero-order chi connectivity index (χ0) is 13.7. The second-order valence-corrected chi connectivity index (χ2v) is 4.19. The van der Waals surface area contributed by atoms with E-state index in [0.717, 1.165) is 0 Å². The lowest BCUT2D eigenvalue weighted by Gasteiger charge is -2.21. The third-order valence-electron chi connectivity index (χ3n) is 2.37. The van der Waals surface area contributed by atoms with Crippen molar-refractivity contribution >= 4 is 11.9 Å². The summed E-state index contributed by atoms with van der Waals surface area (Å²) in [6, 6.07) is 0. The number of likely N-dealkylation sites (N-methyl/N-ethyl adjacent to an activating group) is 1. The van der Waals surface area contributed by atoms with Gasteiger partial charge in [-0.2, -0.15) is 0 Å². The number of oxazole rings is 1. The fraction of sp³-hybridized carbons (Fsp3) is 0.545. The van der Waals surface area contributed by atoms with Gasteiger partial charge in [-0.05, 0) is 21.0 Å². The highest BCUT2D eigenvalue weighted by molar-refractivity contribution is 5.94. The molecule has 1 amide bonds. The monoisotopic (exact) mass is 255 g/mol. The van der Waals surface area contributed by atoms with Crippen molar-refractivity contribution < 1.29 is 19.1 Å². The van der Waals surface area contributed by atoms with Crippen LogP contribution in [-0.4, -0.2) is 65.5 Å². The van der Waals surface area contributed by atoms with Gasteiger partial charge in [0.1, 0.15) is 6.54 Å². The molecule has 0 bridgehead atoms. The molecule has 0 aromatic carbocycles. The van der Waals surface area contributed by atoms with Crippen molar-refractivity contribution in [3.05, 3.63) is 17.8 Å². The van der Waals surface area contributed by atoms with Gasteiger partial charge >= 0.3 is 5.97 Å². The van der Waals surface area contributed by atoms with E-state index >= 15 is 0 Å². The Labute approximate surface area is 105 Å². The fourth-order valence-corrected chi connectivity index (χ4v) is 1.39. The summed E-state index contributed by atoms with van der Waals surface area (Å²) in [4.78, 5) is 29.8. The van der Waals surface area contributed by atoms with Crippen molar-refractivity contribution in [2.75, 3.05) is 33.7 Å². The minimum Gasteiger partial charge on any atom is -0.480 e. The number of hydrogen-bond acceptors (Lipinski definition) is 5. The molecule has 0 fully saturated rings. The fourth-order valence-electron chi connectivity index (χ4n) is 1.39. The van der Waals surface area contributed by atoms with Crippen LogP contribution in [0.5, 0.6) is 0 Å². The number of amides is 1. The number of carboxylic acids is 1. The molecule has 7 heteroatoms. The molecule has 18 heavy (non-hydrogen) atoms. The Morgan fingerprint density at radius 1 is 1.39 bits per heavy atom. The second kappa shape index (κ2) is 6.15. The molecule has 0 atom stereocenters. The minimum absolute atomic E-state index is 0.0926. The number of carbonyl (C=O) groups is 2. The van der Waals surface area contributed by atoms with Crippen molar-refractivity contribution in [1.29, 1.82) is 0 Å². The van der Waals surface area contributed by atoms with Crippen molar-refractivity contribution in [3.8, 4) is 0 Å². The molecular formula is C11H17N3O4. The Morgan fingerprint density at radius 3 is 2.50 bits per heavy atom. The number of aliphatic carboxylic acids is 1. The average molecular weight is 255 g/mol. The molecule has 7 nitrogen and oxygen atoms in total. The van der Waals surface area contributed by atoms with Crippen LogP contribution in [0.4, 0.5) is 0 Å². The third-order valence-corrected chi connectivity index (χ3v) is 2.37. The first kappa shape index (κ1) is 14.2. The molecule has 1 aromatic rings. The highest BCUT2D eigenvalue weighted by Crippen LogP contribution is 2.09. The lowest BCUT2D eigenvalue weighted by Crippen LogP contribution is -2.40. The quantitative estimate of drug-likeness (QED) is 0.774. The zero-order valence-corrected chi connectivity index (χ0v) is 10.7. The van der Waals surface area contributed by atoms with Gasteiger partial charge < -0.3 is 19.3 Å². The van der Waals surface area contributed by atoms with E-state index in [1.54, 1.807) is 6.92 Å². The van der Waals surface area contributed by atoms with Crippen molar-refractivity contribution in [1.82, 2.24) is 14.8 Å². The van der Waals surface area contributed by atoms with Gasteiger partial charge in [0.15, 0.2) is 6.39 Å². The third kappa shape index (κ3) is 3.85. The minimum atomic E-state index is -1.06.